The molecule has 0 radical (unpaired) electrons. The van der Waals surface area contributed by atoms with E-state index in [0.29, 0.717) is 0 Å². The van der Waals surface area contributed by atoms with E-state index >= 15 is 0 Å². The minimum absolute atomic E-state index is 0.185. The molecule has 0 unspecified atom stereocenters. The van der Waals surface area contributed by atoms with Crippen molar-refractivity contribution in [3.63, 3.8) is 0 Å². The molecule has 0 amide bonds. The molecule has 16 heavy (non-hydrogen) atoms. The van der Waals surface area contributed by atoms with Crippen molar-refractivity contribution in [1.29, 1.82) is 0 Å². The Hall–Kier alpha value is -2.38. The minimum atomic E-state index is -1.82. The lowest BCUT2D eigenvalue weighted by molar-refractivity contribution is -0.177. The summed E-state index contributed by atoms with van der Waals surface area (Å²) in [6, 6.07) is 0. The van der Waals surface area contributed by atoms with Crippen LogP contribution >= 0.6 is 0 Å². The van der Waals surface area contributed by atoms with Crippen LogP contribution in [0.5, 0.6) is 0 Å². The zero-order valence-electron chi connectivity index (χ0n) is 8.17. The molecule has 2 N–H and O–H groups in total. The maximum Gasteiger partial charge on any atom is 0.417 e. The monoisotopic (exact) mass is 234 g/mol. The molecule has 1 aliphatic heterocycles. The molecule has 90 valence electrons. The van der Waals surface area contributed by atoms with Crippen molar-refractivity contribution < 1.29 is 38.9 Å². The predicted octanol–water partition coefficient (Wildman–Crippen LogP) is -0.956. The van der Waals surface area contributed by atoms with Crippen LogP contribution in [0.1, 0.15) is 0 Å². The van der Waals surface area contributed by atoms with Gasteiger partial charge in [0.25, 0.3) is 0 Å². The molecule has 1 fully saturated rings. The van der Waals surface area contributed by atoms with E-state index < -0.39 is 23.9 Å². The van der Waals surface area contributed by atoms with Gasteiger partial charge in [-0.25, -0.2) is 19.2 Å². The summed E-state index contributed by atoms with van der Waals surface area (Å²) in [5.41, 5.74) is 0. The van der Waals surface area contributed by atoms with Gasteiger partial charge in [-0.3, -0.25) is 0 Å². The summed E-state index contributed by atoms with van der Waals surface area (Å²) < 4.78 is 8.55. The van der Waals surface area contributed by atoms with Crippen LogP contribution < -0.4 is 0 Å². The molecule has 0 atom stereocenters. The molecule has 0 aliphatic carbocycles. The Morgan fingerprint density at radius 1 is 0.938 bits per heavy atom. The number of hydrogen-bond donors (Lipinski definition) is 2. The summed E-state index contributed by atoms with van der Waals surface area (Å²) in [4.78, 5) is 38.4. The topological polar surface area (TPSA) is 127 Å². The van der Waals surface area contributed by atoms with Crippen molar-refractivity contribution >= 4 is 23.9 Å². The zero-order chi connectivity index (χ0) is 13.1. The van der Waals surface area contributed by atoms with Gasteiger partial charge < -0.3 is 19.7 Å². The van der Waals surface area contributed by atoms with Gasteiger partial charge in [-0.1, -0.05) is 0 Å². The Kier molecular flexibility index (Phi) is 9.22. The molecule has 1 saturated heterocycles. The van der Waals surface area contributed by atoms with E-state index in [1.165, 1.54) is 0 Å². The Bertz CT molecular complexity index is 254. The SMILES string of the molecule is C=C.O=C(O)C(=O)O.O=C1OCCOC1=O. The fourth-order valence-corrected chi connectivity index (χ4v) is 0.387. The lowest BCUT2D eigenvalue weighted by Gasteiger charge is -2.09. The van der Waals surface area contributed by atoms with E-state index in [9.17, 15) is 9.59 Å². The van der Waals surface area contributed by atoms with Gasteiger partial charge in [0.05, 0.1) is 0 Å². The maximum absolute atomic E-state index is 10.1. The highest BCUT2D eigenvalue weighted by molar-refractivity contribution is 6.30. The largest absolute Gasteiger partial charge is 0.473 e. The van der Waals surface area contributed by atoms with Gasteiger partial charge in [0.15, 0.2) is 0 Å². The quantitative estimate of drug-likeness (QED) is 0.312. The smallest absolute Gasteiger partial charge is 0.417 e. The predicted molar refractivity (Wildman–Crippen MR) is 48.4 cm³/mol. The summed E-state index contributed by atoms with van der Waals surface area (Å²) in [5, 5.41) is 14.8. The number of carboxylic acids is 2. The molecule has 1 heterocycles. The first-order valence-electron chi connectivity index (χ1n) is 3.75. The first kappa shape index (κ1) is 16.1. The molecular formula is C8H10O8. The molecule has 0 aromatic heterocycles. The average molecular weight is 234 g/mol. The average Bonchev–Trinajstić information content (AvgIpc) is 2.26. The maximum atomic E-state index is 10.1. The van der Waals surface area contributed by atoms with Gasteiger partial charge in [0.1, 0.15) is 13.2 Å². The lowest BCUT2D eigenvalue weighted by atomic mass is 10.6. The third-order valence-corrected chi connectivity index (χ3v) is 0.899. The number of carbonyl (C=O) groups is 4. The molecular weight excluding hydrogens is 224 g/mol. The van der Waals surface area contributed by atoms with Gasteiger partial charge in [-0.15, -0.1) is 13.2 Å². The van der Waals surface area contributed by atoms with E-state index in [1.807, 2.05) is 0 Å². The van der Waals surface area contributed by atoms with Crippen molar-refractivity contribution in [3.05, 3.63) is 13.2 Å². The normalized spacial score (nSPS) is 12.8. The van der Waals surface area contributed by atoms with Gasteiger partial charge in [-0.05, 0) is 0 Å². The van der Waals surface area contributed by atoms with Crippen molar-refractivity contribution in [2.24, 2.45) is 0 Å². The standard InChI is InChI=1S/C4H4O4.C2H2O4.C2H4/c5-3-4(6)8-2-1-7-3;3-1(4)2(5)6;1-2/h1-2H2;(H,3,4)(H,5,6);1-2H2. The van der Waals surface area contributed by atoms with Crippen molar-refractivity contribution in [2.45, 2.75) is 0 Å². The van der Waals surface area contributed by atoms with E-state index in [-0.39, 0.29) is 13.2 Å². The number of hydrogen-bond acceptors (Lipinski definition) is 6. The second-order valence-corrected chi connectivity index (χ2v) is 1.88. The molecule has 1 rings (SSSR count). The highest BCUT2D eigenvalue weighted by atomic mass is 16.6. The molecule has 0 bridgehead atoms. The summed E-state index contributed by atoms with van der Waals surface area (Å²) in [5.74, 6) is -5.43. The molecule has 8 nitrogen and oxygen atoms in total. The van der Waals surface area contributed by atoms with Crippen LogP contribution in [-0.4, -0.2) is 47.3 Å². The Labute approximate surface area is 90.1 Å². The Morgan fingerprint density at radius 2 is 1.19 bits per heavy atom. The molecule has 0 aromatic carbocycles. The minimum Gasteiger partial charge on any atom is -0.473 e. The van der Waals surface area contributed by atoms with Crippen LogP contribution in [0.2, 0.25) is 0 Å². The van der Waals surface area contributed by atoms with E-state index in [0.717, 1.165) is 0 Å². The fraction of sp³-hybridized carbons (Fsp3) is 0.250. The van der Waals surface area contributed by atoms with E-state index in [2.05, 4.69) is 22.6 Å². The second-order valence-electron chi connectivity index (χ2n) is 1.88. The highest BCUT2D eigenvalue weighted by Gasteiger charge is 2.21. The van der Waals surface area contributed by atoms with Crippen LogP contribution in [0.3, 0.4) is 0 Å². The van der Waals surface area contributed by atoms with Crippen LogP contribution in [0.15, 0.2) is 13.2 Å². The zero-order valence-corrected chi connectivity index (χ0v) is 8.17. The van der Waals surface area contributed by atoms with Gasteiger partial charge in [-0.2, -0.15) is 0 Å². The van der Waals surface area contributed by atoms with Crippen molar-refractivity contribution in [3.8, 4) is 0 Å². The molecule has 0 saturated carbocycles. The van der Waals surface area contributed by atoms with Crippen LogP contribution in [-0.2, 0) is 28.7 Å². The summed E-state index contributed by atoms with van der Waals surface area (Å²) in [7, 11) is 0. The molecule has 8 heteroatoms. The molecule has 0 spiro atoms. The number of cyclic esters (lactones) is 2. The number of carboxylic acid groups (broad SMARTS) is 2. The van der Waals surface area contributed by atoms with Crippen molar-refractivity contribution in [1.82, 2.24) is 0 Å². The number of carbonyl (C=O) groups excluding carboxylic acids is 2. The first-order valence-corrected chi connectivity index (χ1v) is 3.75. The van der Waals surface area contributed by atoms with Gasteiger partial charge in [0, 0.05) is 0 Å². The summed E-state index contributed by atoms with van der Waals surface area (Å²) >= 11 is 0. The Balaban J connectivity index is 0. The van der Waals surface area contributed by atoms with Crippen LogP contribution in [0.4, 0.5) is 0 Å². The fourth-order valence-electron chi connectivity index (χ4n) is 0.387. The van der Waals surface area contributed by atoms with Gasteiger partial charge in [0.2, 0.25) is 0 Å². The number of ether oxygens (including phenoxy) is 2. The number of rotatable bonds is 0. The van der Waals surface area contributed by atoms with E-state index in [1.54, 1.807) is 0 Å². The van der Waals surface area contributed by atoms with E-state index in [4.69, 9.17) is 19.8 Å². The van der Waals surface area contributed by atoms with Crippen LogP contribution in [0, 0.1) is 0 Å². The second kappa shape index (κ2) is 9.19. The lowest BCUT2D eigenvalue weighted by Crippen LogP contribution is -2.28. The third kappa shape index (κ3) is 8.23. The number of aliphatic carboxylic acids is 2. The first-order chi connectivity index (χ1) is 7.45. The Morgan fingerprint density at radius 3 is 1.31 bits per heavy atom. The highest BCUT2D eigenvalue weighted by Crippen LogP contribution is 1.91. The number of esters is 2. The van der Waals surface area contributed by atoms with Crippen molar-refractivity contribution in [2.75, 3.05) is 13.2 Å². The van der Waals surface area contributed by atoms with Gasteiger partial charge >= 0.3 is 23.9 Å². The summed E-state index contributed by atoms with van der Waals surface area (Å²) in [6.45, 7) is 6.37. The molecule has 1 aliphatic rings. The third-order valence-electron chi connectivity index (χ3n) is 0.899. The van der Waals surface area contributed by atoms with Crippen LogP contribution in [0.25, 0.3) is 0 Å². The molecule has 0 aromatic rings. The summed E-state index contributed by atoms with van der Waals surface area (Å²) in [6.07, 6.45) is 0.